The number of ether oxygens (including phenoxy) is 1. The third-order valence-corrected chi connectivity index (χ3v) is 4.35. The molecule has 6 heteroatoms. The summed E-state index contributed by atoms with van der Waals surface area (Å²) in [6, 6.07) is 7.15. The van der Waals surface area contributed by atoms with E-state index in [1.165, 1.54) is 6.92 Å². The highest BCUT2D eigenvalue weighted by Gasteiger charge is 2.23. The minimum atomic E-state index is -0.318. The molecule has 132 valence electrons. The molecule has 0 radical (unpaired) electrons. The monoisotopic (exact) mass is 333 g/mol. The zero-order valence-corrected chi connectivity index (χ0v) is 14.7. The summed E-state index contributed by atoms with van der Waals surface area (Å²) >= 11 is 0. The smallest absolute Gasteiger partial charge is 0.225 e. The SMILES string of the molecule is COc1ccc(C(CC(=O)N2CCCN(C)CC2)NC(C)=O)cc1. The van der Waals surface area contributed by atoms with E-state index in [2.05, 4.69) is 17.3 Å². The first-order chi connectivity index (χ1) is 11.5. The molecule has 0 saturated carbocycles. The fraction of sp³-hybridized carbons (Fsp3) is 0.556. The second-order valence-electron chi connectivity index (χ2n) is 6.27. The van der Waals surface area contributed by atoms with Gasteiger partial charge in [0.05, 0.1) is 19.6 Å². The fourth-order valence-corrected chi connectivity index (χ4v) is 2.93. The molecule has 2 rings (SSSR count). The molecule has 0 aromatic heterocycles. The van der Waals surface area contributed by atoms with Crippen LogP contribution in [0.4, 0.5) is 0 Å². The molecule has 1 aromatic rings. The summed E-state index contributed by atoms with van der Waals surface area (Å²) in [7, 11) is 3.69. The predicted octanol–water partition coefficient (Wildman–Crippen LogP) is 1.43. The molecule has 1 aliphatic heterocycles. The van der Waals surface area contributed by atoms with Gasteiger partial charge in [0.1, 0.15) is 5.75 Å². The van der Waals surface area contributed by atoms with Crippen molar-refractivity contribution < 1.29 is 14.3 Å². The first-order valence-corrected chi connectivity index (χ1v) is 8.37. The Morgan fingerprint density at radius 1 is 1.17 bits per heavy atom. The number of carbonyl (C=O) groups is 2. The van der Waals surface area contributed by atoms with Gasteiger partial charge in [-0.25, -0.2) is 0 Å². The highest BCUT2D eigenvalue weighted by atomic mass is 16.5. The Morgan fingerprint density at radius 3 is 2.50 bits per heavy atom. The van der Waals surface area contributed by atoms with Crippen LogP contribution in [0, 0.1) is 0 Å². The van der Waals surface area contributed by atoms with Gasteiger partial charge in [-0.3, -0.25) is 9.59 Å². The molecule has 24 heavy (non-hydrogen) atoms. The molecule has 0 spiro atoms. The van der Waals surface area contributed by atoms with E-state index in [0.717, 1.165) is 43.9 Å². The van der Waals surface area contributed by atoms with Crippen LogP contribution < -0.4 is 10.1 Å². The molecule has 1 atom stereocenters. The highest BCUT2D eigenvalue weighted by Crippen LogP contribution is 2.21. The van der Waals surface area contributed by atoms with E-state index in [0.29, 0.717) is 0 Å². The van der Waals surface area contributed by atoms with Gasteiger partial charge in [0.25, 0.3) is 0 Å². The number of likely N-dealkylation sites (N-methyl/N-ethyl adjacent to an activating group) is 1. The molecule has 6 nitrogen and oxygen atoms in total. The van der Waals surface area contributed by atoms with Gasteiger partial charge in [-0.15, -0.1) is 0 Å². The van der Waals surface area contributed by atoms with Crippen LogP contribution in [0.15, 0.2) is 24.3 Å². The average Bonchev–Trinajstić information content (AvgIpc) is 2.78. The van der Waals surface area contributed by atoms with Crippen LogP contribution in [-0.2, 0) is 9.59 Å². The number of amides is 2. The second kappa shape index (κ2) is 8.68. The number of methoxy groups -OCH3 is 1. The van der Waals surface area contributed by atoms with Gasteiger partial charge < -0.3 is 19.9 Å². The van der Waals surface area contributed by atoms with Gasteiger partial charge in [-0.05, 0) is 37.7 Å². The summed E-state index contributed by atoms with van der Waals surface area (Å²) in [4.78, 5) is 28.4. The molecule has 1 unspecified atom stereocenters. The van der Waals surface area contributed by atoms with Crippen LogP contribution >= 0.6 is 0 Å². The third kappa shape index (κ3) is 5.23. The van der Waals surface area contributed by atoms with E-state index >= 15 is 0 Å². The van der Waals surface area contributed by atoms with E-state index in [9.17, 15) is 9.59 Å². The molecule has 1 heterocycles. The molecule has 0 aliphatic carbocycles. The van der Waals surface area contributed by atoms with Crippen molar-refractivity contribution in [1.29, 1.82) is 0 Å². The summed E-state index contributed by atoms with van der Waals surface area (Å²) in [5.74, 6) is 0.696. The van der Waals surface area contributed by atoms with Crippen molar-refractivity contribution in [2.24, 2.45) is 0 Å². The highest BCUT2D eigenvalue weighted by molar-refractivity contribution is 5.79. The van der Waals surface area contributed by atoms with Crippen LogP contribution in [0.25, 0.3) is 0 Å². The lowest BCUT2D eigenvalue weighted by Crippen LogP contribution is -2.37. The van der Waals surface area contributed by atoms with Crippen molar-refractivity contribution in [3.05, 3.63) is 29.8 Å². The molecule has 2 amide bonds. The predicted molar refractivity (Wildman–Crippen MR) is 92.9 cm³/mol. The number of nitrogens with zero attached hydrogens (tertiary/aromatic N) is 2. The van der Waals surface area contributed by atoms with Crippen molar-refractivity contribution in [1.82, 2.24) is 15.1 Å². The largest absolute Gasteiger partial charge is 0.497 e. The normalized spacial score (nSPS) is 17.0. The number of nitrogens with one attached hydrogen (secondary N) is 1. The minimum absolute atomic E-state index is 0.0832. The number of benzene rings is 1. The van der Waals surface area contributed by atoms with E-state index < -0.39 is 0 Å². The van der Waals surface area contributed by atoms with Crippen LogP contribution in [0.3, 0.4) is 0 Å². The van der Waals surface area contributed by atoms with Crippen molar-refractivity contribution in [2.75, 3.05) is 40.3 Å². The van der Waals surface area contributed by atoms with Gasteiger partial charge in [-0.2, -0.15) is 0 Å². The van der Waals surface area contributed by atoms with Crippen molar-refractivity contribution in [3.8, 4) is 5.75 Å². The maximum absolute atomic E-state index is 12.7. The maximum Gasteiger partial charge on any atom is 0.225 e. The molecule has 1 N–H and O–H groups in total. The average molecular weight is 333 g/mol. The number of hydrogen-bond donors (Lipinski definition) is 1. The summed E-state index contributed by atoms with van der Waals surface area (Å²) in [5.41, 5.74) is 0.909. The van der Waals surface area contributed by atoms with Gasteiger partial charge in [0.2, 0.25) is 11.8 Å². The number of hydrogen-bond acceptors (Lipinski definition) is 4. The minimum Gasteiger partial charge on any atom is -0.497 e. The molecule has 1 aromatic carbocycles. The summed E-state index contributed by atoms with van der Waals surface area (Å²) in [6.07, 6.45) is 1.26. The fourth-order valence-electron chi connectivity index (χ4n) is 2.93. The molecule has 1 saturated heterocycles. The van der Waals surface area contributed by atoms with Gasteiger partial charge in [-0.1, -0.05) is 12.1 Å². The summed E-state index contributed by atoms with van der Waals surface area (Å²) in [5, 5.41) is 2.89. The van der Waals surface area contributed by atoms with E-state index in [4.69, 9.17) is 4.74 Å². The van der Waals surface area contributed by atoms with E-state index in [1.807, 2.05) is 29.2 Å². The molecular formula is C18H27N3O3. The van der Waals surface area contributed by atoms with Crippen LogP contribution in [0.5, 0.6) is 5.75 Å². The summed E-state index contributed by atoms with van der Waals surface area (Å²) in [6.45, 7) is 4.89. The van der Waals surface area contributed by atoms with Gasteiger partial charge >= 0.3 is 0 Å². The zero-order valence-electron chi connectivity index (χ0n) is 14.7. The first kappa shape index (κ1) is 18.3. The standard InChI is InChI=1S/C18H27N3O3/c1-14(22)19-17(15-5-7-16(24-3)8-6-15)13-18(23)21-10-4-9-20(2)11-12-21/h5-8,17H,4,9-13H2,1-3H3,(H,19,22). The Bertz CT molecular complexity index is 559. The van der Waals surface area contributed by atoms with Crippen molar-refractivity contribution in [3.63, 3.8) is 0 Å². The van der Waals surface area contributed by atoms with Gasteiger partial charge in [0, 0.05) is 26.6 Å². The second-order valence-corrected chi connectivity index (χ2v) is 6.27. The van der Waals surface area contributed by atoms with Crippen molar-refractivity contribution >= 4 is 11.8 Å². The summed E-state index contributed by atoms with van der Waals surface area (Å²) < 4.78 is 5.16. The topological polar surface area (TPSA) is 61.9 Å². The van der Waals surface area contributed by atoms with Crippen LogP contribution in [0.1, 0.15) is 31.4 Å². The Hall–Kier alpha value is -2.08. The quantitative estimate of drug-likeness (QED) is 0.885. The van der Waals surface area contributed by atoms with Gasteiger partial charge in [0.15, 0.2) is 0 Å². The van der Waals surface area contributed by atoms with E-state index in [1.54, 1.807) is 7.11 Å². The first-order valence-electron chi connectivity index (χ1n) is 8.37. The molecular weight excluding hydrogens is 306 g/mol. The Kier molecular flexibility index (Phi) is 6.61. The number of carbonyl (C=O) groups excluding carboxylic acids is 2. The lowest BCUT2D eigenvalue weighted by molar-refractivity contribution is -0.131. The zero-order chi connectivity index (χ0) is 17.5. The molecule has 1 fully saturated rings. The Labute approximate surface area is 143 Å². The van der Waals surface area contributed by atoms with Crippen molar-refractivity contribution in [2.45, 2.75) is 25.8 Å². The lowest BCUT2D eigenvalue weighted by atomic mass is 10.0. The third-order valence-electron chi connectivity index (χ3n) is 4.35. The Morgan fingerprint density at radius 2 is 1.88 bits per heavy atom. The van der Waals surface area contributed by atoms with E-state index in [-0.39, 0.29) is 24.3 Å². The van der Waals surface area contributed by atoms with Crippen LogP contribution in [0.2, 0.25) is 0 Å². The molecule has 1 aliphatic rings. The molecule has 0 bridgehead atoms. The number of rotatable bonds is 5. The maximum atomic E-state index is 12.7. The Balaban J connectivity index is 2.06. The lowest BCUT2D eigenvalue weighted by Gasteiger charge is -2.24. The van der Waals surface area contributed by atoms with Crippen LogP contribution in [-0.4, -0.2) is 62.0 Å².